The van der Waals surface area contributed by atoms with E-state index < -0.39 is 24.6 Å². The third-order valence-electron chi connectivity index (χ3n) is 4.73. The van der Waals surface area contributed by atoms with Crippen LogP contribution in [0, 0.1) is 11.8 Å². The van der Waals surface area contributed by atoms with Crippen LogP contribution in [0.15, 0.2) is 0 Å². The lowest BCUT2D eigenvalue weighted by Crippen LogP contribution is -2.46. The maximum atomic E-state index is 13.9. The maximum Gasteiger partial charge on any atom is 0.160 e. The second-order valence-corrected chi connectivity index (χ2v) is 6.24. The van der Waals surface area contributed by atoms with E-state index in [9.17, 15) is 8.78 Å². The predicted octanol–water partition coefficient (Wildman–Crippen LogP) is 3.68. The fourth-order valence-electron chi connectivity index (χ4n) is 3.24. The molecule has 4 atom stereocenters. The summed E-state index contributed by atoms with van der Waals surface area (Å²) in [6, 6.07) is 0. The van der Waals surface area contributed by atoms with Gasteiger partial charge in [0, 0.05) is 13.7 Å². The molecular weight excluding hydrogens is 250 g/mol. The highest BCUT2D eigenvalue weighted by Gasteiger charge is 2.41. The molecule has 0 N–H and O–H groups in total. The average Bonchev–Trinajstić information content (AvgIpc) is 2.42. The van der Waals surface area contributed by atoms with Gasteiger partial charge in [0.15, 0.2) is 12.3 Å². The van der Waals surface area contributed by atoms with Gasteiger partial charge in [0.1, 0.15) is 0 Å². The van der Waals surface area contributed by atoms with Gasteiger partial charge < -0.3 is 9.47 Å². The van der Waals surface area contributed by atoms with Crippen LogP contribution >= 0.6 is 0 Å². The summed E-state index contributed by atoms with van der Waals surface area (Å²) >= 11 is 0. The minimum absolute atomic E-state index is 0.529. The molecule has 4 unspecified atom stereocenters. The van der Waals surface area contributed by atoms with Gasteiger partial charge in [-0.3, -0.25) is 0 Å². The first-order chi connectivity index (χ1) is 9.11. The Morgan fingerprint density at radius 2 is 1.47 bits per heavy atom. The Morgan fingerprint density at radius 1 is 0.895 bits per heavy atom. The zero-order valence-corrected chi connectivity index (χ0v) is 12.0. The Balaban J connectivity index is 1.74. The predicted molar refractivity (Wildman–Crippen MR) is 70.7 cm³/mol. The van der Waals surface area contributed by atoms with Crippen molar-refractivity contribution in [3.05, 3.63) is 0 Å². The van der Waals surface area contributed by atoms with Crippen molar-refractivity contribution in [3.63, 3.8) is 0 Å². The average molecular weight is 276 g/mol. The number of rotatable bonds is 4. The molecule has 19 heavy (non-hydrogen) atoms. The molecule has 0 saturated heterocycles. The van der Waals surface area contributed by atoms with Gasteiger partial charge in [-0.2, -0.15) is 0 Å². The van der Waals surface area contributed by atoms with E-state index in [2.05, 4.69) is 6.92 Å². The zero-order valence-electron chi connectivity index (χ0n) is 12.0. The normalized spacial score (nSPS) is 44.2. The van der Waals surface area contributed by atoms with Crippen LogP contribution in [0.1, 0.15) is 45.4 Å². The van der Waals surface area contributed by atoms with Crippen molar-refractivity contribution in [2.24, 2.45) is 11.8 Å². The van der Waals surface area contributed by atoms with E-state index in [0.717, 1.165) is 18.8 Å². The molecule has 0 aromatic rings. The lowest BCUT2D eigenvalue weighted by Gasteiger charge is -2.35. The van der Waals surface area contributed by atoms with E-state index in [4.69, 9.17) is 9.47 Å². The Morgan fingerprint density at radius 3 is 2.11 bits per heavy atom. The SMILES string of the molecule is COC1CCC(OCC2CCC(C)CC2)C(F)C1F. The van der Waals surface area contributed by atoms with Crippen LogP contribution in [0.2, 0.25) is 0 Å². The highest BCUT2D eigenvalue weighted by molar-refractivity contribution is 4.90. The van der Waals surface area contributed by atoms with Gasteiger partial charge in [-0.15, -0.1) is 0 Å². The van der Waals surface area contributed by atoms with Gasteiger partial charge in [-0.25, -0.2) is 8.78 Å². The first-order valence-corrected chi connectivity index (χ1v) is 7.54. The topological polar surface area (TPSA) is 18.5 Å². The number of hydrogen-bond acceptors (Lipinski definition) is 2. The summed E-state index contributed by atoms with van der Waals surface area (Å²) in [6.07, 6.45) is 1.61. The molecule has 0 radical (unpaired) electrons. The van der Waals surface area contributed by atoms with Crippen LogP contribution in [0.25, 0.3) is 0 Å². The molecule has 2 aliphatic carbocycles. The molecule has 0 aromatic carbocycles. The molecule has 2 rings (SSSR count). The molecule has 2 fully saturated rings. The standard InChI is InChI=1S/C15H26F2O2/c1-10-3-5-11(6-4-10)9-19-13-8-7-12(18-2)14(16)15(13)17/h10-15H,3-9H2,1-2H3. The third-order valence-corrected chi connectivity index (χ3v) is 4.73. The second kappa shape index (κ2) is 6.98. The first kappa shape index (κ1) is 15.2. The van der Waals surface area contributed by atoms with Crippen molar-refractivity contribution < 1.29 is 18.3 Å². The molecule has 2 aliphatic rings. The van der Waals surface area contributed by atoms with Crippen molar-refractivity contribution in [1.29, 1.82) is 0 Å². The highest BCUT2D eigenvalue weighted by atomic mass is 19.2. The molecule has 0 aliphatic heterocycles. The van der Waals surface area contributed by atoms with Crippen LogP contribution in [0.3, 0.4) is 0 Å². The number of ether oxygens (including phenoxy) is 2. The molecule has 112 valence electrons. The number of halogens is 2. The first-order valence-electron chi connectivity index (χ1n) is 7.54. The Labute approximate surface area is 114 Å². The Kier molecular flexibility index (Phi) is 5.58. The molecule has 2 saturated carbocycles. The van der Waals surface area contributed by atoms with Crippen LogP contribution in [-0.4, -0.2) is 38.3 Å². The smallest absolute Gasteiger partial charge is 0.160 e. The fourth-order valence-corrected chi connectivity index (χ4v) is 3.24. The summed E-state index contributed by atoms with van der Waals surface area (Å²) in [4.78, 5) is 0. The van der Waals surface area contributed by atoms with E-state index in [1.54, 1.807) is 0 Å². The van der Waals surface area contributed by atoms with E-state index in [0.29, 0.717) is 25.4 Å². The van der Waals surface area contributed by atoms with Crippen molar-refractivity contribution in [2.45, 2.75) is 70.0 Å². The molecule has 0 amide bonds. The molecule has 0 spiro atoms. The van der Waals surface area contributed by atoms with E-state index in [1.165, 1.54) is 20.0 Å². The molecule has 2 nitrogen and oxygen atoms in total. The number of hydrogen-bond donors (Lipinski definition) is 0. The highest BCUT2D eigenvalue weighted by Crippen LogP contribution is 2.32. The summed E-state index contributed by atoms with van der Waals surface area (Å²) in [5.74, 6) is 1.33. The van der Waals surface area contributed by atoms with E-state index in [1.807, 2.05) is 0 Å². The fraction of sp³-hybridized carbons (Fsp3) is 1.00. The lowest BCUT2D eigenvalue weighted by atomic mass is 9.83. The van der Waals surface area contributed by atoms with Crippen molar-refractivity contribution in [3.8, 4) is 0 Å². The number of methoxy groups -OCH3 is 1. The summed E-state index contributed by atoms with van der Waals surface area (Å²) in [6.45, 7) is 2.86. The third kappa shape index (κ3) is 3.88. The van der Waals surface area contributed by atoms with E-state index >= 15 is 0 Å². The molecule has 0 heterocycles. The molecule has 0 bridgehead atoms. The van der Waals surface area contributed by atoms with Gasteiger partial charge in [0.2, 0.25) is 0 Å². The lowest BCUT2D eigenvalue weighted by molar-refractivity contribution is -0.115. The molecule has 4 heteroatoms. The van der Waals surface area contributed by atoms with Crippen molar-refractivity contribution in [2.75, 3.05) is 13.7 Å². The molecule has 0 aromatic heterocycles. The van der Waals surface area contributed by atoms with Gasteiger partial charge in [0.25, 0.3) is 0 Å². The van der Waals surface area contributed by atoms with E-state index in [-0.39, 0.29) is 0 Å². The van der Waals surface area contributed by atoms with Gasteiger partial charge in [-0.05, 0) is 37.5 Å². The Bertz CT molecular complexity index is 267. The minimum Gasteiger partial charge on any atom is -0.378 e. The minimum atomic E-state index is -1.55. The quantitative estimate of drug-likeness (QED) is 0.779. The van der Waals surface area contributed by atoms with Gasteiger partial charge in [0.05, 0.1) is 12.2 Å². The zero-order chi connectivity index (χ0) is 13.8. The van der Waals surface area contributed by atoms with Gasteiger partial charge >= 0.3 is 0 Å². The molecular formula is C15H26F2O2. The maximum absolute atomic E-state index is 13.9. The summed E-state index contributed by atoms with van der Waals surface area (Å²) < 4.78 is 38.3. The Hall–Kier alpha value is -0.220. The van der Waals surface area contributed by atoms with Crippen LogP contribution in [0.4, 0.5) is 8.78 Å². The largest absolute Gasteiger partial charge is 0.378 e. The summed E-state index contributed by atoms with van der Waals surface area (Å²) in [5, 5.41) is 0. The second-order valence-electron chi connectivity index (χ2n) is 6.24. The van der Waals surface area contributed by atoms with Crippen molar-refractivity contribution in [1.82, 2.24) is 0 Å². The van der Waals surface area contributed by atoms with Crippen LogP contribution < -0.4 is 0 Å². The van der Waals surface area contributed by atoms with Gasteiger partial charge in [-0.1, -0.05) is 19.8 Å². The summed E-state index contributed by atoms with van der Waals surface area (Å²) in [7, 11) is 1.44. The van der Waals surface area contributed by atoms with Crippen LogP contribution in [-0.2, 0) is 9.47 Å². The van der Waals surface area contributed by atoms with Crippen molar-refractivity contribution >= 4 is 0 Å². The number of alkyl halides is 2. The van der Waals surface area contributed by atoms with Crippen LogP contribution in [0.5, 0.6) is 0 Å². The monoisotopic (exact) mass is 276 g/mol. The summed E-state index contributed by atoms with van der Waals surface area (Å²) in [5.41, 5.74) is 0.